The largest absolute Gasteiger partial charge is 0.326 e. The lowest BCUT2D eigenvalue weighted by molar-refractivity contribution is 0.580. The van der Waals surface area contributed by atoms with Crippen molar-refractivity contribution in [3.63, 3.8) is 0 Å². The molecule has 2 rings (SSSR count). The zero-order valence-corrected chi connectivity index (χ0v) is 13.0. The van der Waals surface area contributed by atoms with Crippen LogP contribution >= 0.6 is 11.3 Å². The molecule has 0 unspecified atom stereocenters. The lowest BCUT2D eigenvalue weighted by atomic mass is 10.1. The third-order valence-corrected chi connectivity index (χ3v) is 5.37. The number of aryl methyl sites for hydroxylation is 2. The molecule has 0 atom stereocenters. The van der Waals surface area contributed by atoms with Gasteiger partial charge in [0.2, 0.25) is 10.0 Å². The highest BCUT2D eigenvalue weighted by molar-refractivity contribution is 7.89. The number of benzene rings is 1. The Kier molecular flexibility index (Phi) is 4.54. The fraction of sp³-hybridized carbons (Fsp3) is 0.308. The van der Waals surface area contributed by atoms with Gasteiger partial charge >= 0.3 is 0 Å². The number of thiazole rings is 1. The number of rotatable bonds is 5. The quantitative estimate of drug-likeness (QED) is 0.880. The van der Waals surface area contributed by atoms with Gasteiger partial charge in [0.05, 0.1) is 11.4 Å². The predicted molar refractivity (Wildman–Crippen MR) is 79.9 cm³/mol. The van der Waals surface area contributed by atoms with Gasteiger partial charge in [-0.25, -0.2) is 18.1 Å². The van der Waals surface area contributed by atoms with Crippen molar-refractivity contribution in [1.29, 1.82) is 0 Å². The summed E-state index contributed by atoms with van der Waals surface area (Å²) < 4.78 is 27.2. The van der Waals surface area contributed by atoms with Gasteiger partial charge < -0.3 is 5.73 Å². The zero-order valence-electron chi connectivity index (χ0n) is 11.4. The lowest BCUT2D eigenvalue weighted by Crippen LogP contribution is -2.24. The third kappa shape index (κ3) is 3.43. The molecule has 0 aliphatic heterocycles. The number of hydrogen-bond donors (Lipinski definition) is 2. The molecule has 0 aliphatic carbocycles. The standard InChI is InChI=1S/C13H17N3O2S2/c1-9-3-4-11(6-14)5-12(9)20(17,18)15-7-13-16-10(2)8-19-13/h3-5,8,15H,6-7,14H2,1-2H3. The van der Waals surface area contributed by atoms with Crippen LogP contribution in [-0.2, 0) is 23.1 Å². The van der Waals surface area contributed by atoms with Crippen molar-refractivity contribution in [2.45, 2.75) is 31.8 Å². The van der Waals surface area contributed by atoms with Crippen LogP contribution in [-0.4, -0.2) is 13.4 Å². The molecular weight excluding hydrogens is 294 g/mol. The molecule has 0 bridgehead atoms. The van der Waals surface area contributed by atoms with Crippen molar-refractivity contribution in [3.8, 4) is 0 Å². The average Bonchev–Trinajstić information content (AvgIpc) is 2.83. The first-order valence-electron chi connectivity index (χ1n) is 6.12. The second-order valence-electron chi connectivity index (χ2n) is 4.51. The molecular formula is C13H17N3O2S2. The fourth-order valence-corrected chi connectivity index (χ4v) is 3.86. The Morgan fingerprint density at radius 3 is 2.70 bits per heavy atom. The maximum absolute atomic E-state index is 12.3. The number of sulfonamides is 1. The third-order valence-electron chi connectivity index (χ3n) is 2.86. The highest BCUT2D eigenvalue weighted by Gasteiger charge is 2.17. The van der Waals surface area contributed by atoms with Crippen LogP contribution in [0.1, 0.15) is 21.8 Å². The zero-order chi connectivity index (χ0) is 14.8. The van der Waals surface area contributed by atoms with Crippen molar-refractivity contribution in [2.75, 3.05) is 0 Å². The van der Waals surface area contributed by atoms with Gasteiger partial charge in [-0.2, -0.15) is 0 Å². The highest BCUT2D eigenvalue weighted by atomic mass is 32.2. The molecule has 20 heavy (non-hydrogen) atoms. The molecule has 0 aliphatic rings. The van der Waals surface area contributed by atoms with Gasteiger partial charge in [0.15, 0.2) is 0 Å². The first-order chi connectivity index (χ1) is 9.42. The summed E-state index contributed by atoms with van der Waals surface area (Å²) in [7, 11) is -3.55. The normalized spacial score (nSPS) is 11.8. The smallest absolute Gasteiger partial charge is 0.241 e. The van der Waals surface area contributed by atoms with Crippen LogP contribution in [0.25, 0.3) is 0 Å². The molecule has 1 aromatic heterocycles. The molecule has 0 fully saturated rings. The minimum Gasteiger partial charge on any atom is -0.326 e. The van der Waals surface area contributed by atoms with Crippen LogP contribution in [0.3, 0.4) is 0 Å². The fourth-order valence-electron chi connectivity index (χ4n) is 1.78. The van der Waals surface area contributed by atoms with Crippen LogP contribution in [0.15, 0.2) is 28.5 Å². The number of nitrogens with one attached hydrogen (secondary N) is 1. The van der Waals surface area contributed by atoms with E-state index in [0.717, 1.165) is 16.3 Å². The van der Waals surface area contributed by atoms with Gasteiger partial charge in [0.1, 0.15) is 5.01 Å². The molecule has 2 aromatic rings. The van der Waals surface area contributed by atoms with Gasteiger partial charge in [-0.1, -0.05) is 12.1 Å². The lowest BCUT2D eigenvalue weighted by Gasteiger charge is -2.10. The van der Waals surface area contributed by atoms with Crippen LogP contribution < -0.4 is 10.5 Å². The van der Waals surface area contributed by atoms with Gasteiger partial charge in [-0.3, -0.25) is 0 Å². The van der Waals surface area contributed by atoms with E-state index in [4.69, 9.17) is 5.73 Å². The minimum absolute atomic E-state index is 0.202. The Hall–Kier alpha value is -1.28. The summed E-state index contributed by atoms with van der Waals surface area (Å²) in [4.78, 5) is 4.51. The van der Waals surface area contributed by atoms with Crippen molar-refractivity contribution < 1.29 is 8.42 Å². The minimum atomic E-state index is -3.55. The number of nitrogens with two attached hydrogens (primary N) is 1. The maximum Gasteiger partial charge on any atom is 0.241 e. The van der Waals surface area contributed by atoms with Crippen molar-refractivity contribution in [2.24, 2.45) is 5.73 Å². The number of hydrogen-bond acceptors (Lipinski definition) is 5. The maximum atomic E-state index is 12.3. The van der Waals surface area contributed by atoms with E-state index in [0.29, 0.717) is 12.1 Å². The summed E-state index contributed by atoms with van der Waals surface area (Å²) in [6.07, 6.45) is 0. The molecule has 0 saturated heterocycles. The van der Waals surface area contributed by atoms with Crippen molar-refractivity contribution in [3.05, 3.63) is 45.4 Å². The molecule has 7 heteroatoms. The van der Waals surface area contributed by atoms with E-state index >= 15 is 0 Å². The SMILES string of the molecule is Cc1csc(CNS(=O)(=O)c2cc(CN)ccc2C)n1. The monoisotopic (exact) mass is 311 g/mol. The van der Waals surface area contributed by atoms with Gasteiger partial charge in [-0.05, 0) is 31.0 Å². The summed E-state index contributed by atoms with van der Waals surface area (Å²) in [5, 5.41) is 2.64. The Bertz CT molecular complexity index is 708. The Morgan fingerprint density at radius 1 is 1.35 bits per heavy atom. The van der Waals surface area contributed by atoms with E-state index < -0.39 is 10.0 Å². The van der Waals surface area contributed by atoms with Gasteiger partial charge in [0.25, 0.3) is 0 Å². The molecule has 0 saturated carbocycles. The molecule has 1 aromatic carbocycles. The molecule has 0 radical (unpaired) electrons. The van der Waals surface area contributed by atoms with E-state index in [1.165, 1.54) is 11.3 Å². The molecule has 0 amide bonds. The number of nitrogens with zero attached hydrogens (tertiary/aromatic N) is 1. The van der Waals surface area contributed by atoms with E-state index in [2.05, 4.69) is 9.71 Å². The van der Waals surface area contributed by atoms with Gasteiger partial charge in [0, 0.05) is 17.6 Å². The summed E-state index contributed by atoms with van der Waals surface area (Å²) in [6.45, 7) is 4.16. The first kappa shape index (κ1) is 15.1. The Balaban J connectivity index is 2.21. The van der Waals surface area contributed by atoms with Crippen LogP contribution in [0, 0.1) is 13.8 Å². The first-order valence-corrected chi connectivity index (χ1v) is 8.49. The average molecular weight is 311 g/mol. The topological polar surface area (TPSA) is 85.1 Å². The summed E-state index contributed by atoms with van der Waals surface area (Å²) in [5.74, 6) is 0. The van der Waals surface area contributed by atoms with E-state index in [9.17, 15) is 8.42 Å². The van der Waals surface area contributed by atoms with Crippen LogP contribution in [0.2, 0.25) is 0 Å². The predicted octanol–water partition coefficient (Wildman–Crippen LogP) is 1.70. The van der Waals surface area contributed by atoms with Crippen LogP contribution in [0.5, 0.6) is 0 Å². The Labute approximate surface area is 122 Å². The molecule has 0 spiro atoms. The molecule has 5 nitrogen and oxygen atoms in total. The van der Waals surface area contributed by atoms with E-state index in [1.54, 1.807) is 19.1 Å². The Morgan fingerprint density at radius 2 is 2.10 bits per heavy atom. The summed E-state index contributed by atoms with van der Waals surface area (Å²) >= 11 is 1.44. The van der Waals surface area contributed by atoms with Crippen LogP contribution in [0.4, 0.5) is 0 Å². The van der Waals surface area contributed by atoms with Crippen molar-refractivity contribution in [1.82, 2.24) is 9.71 Å². The highest BCUT2D eigenvalue weighted by Crippen LogP contribution is 2.18. The van der Waals surface area contributed by atoms with E-state index in [1.807, 2.05) is 18.4 Å². The summed E-state index contributed by atoms with van der Waals surface area (Å²) in [5.41, 5.74) is 7.94. The van der Waals surface area contributed by atoms with Crippen molar-refractivity contribution >= 4 is 21.4 Å². The van der Waals surface area contributed by atoms with Gasteiger partial charge in [-0.15, -0.1) is 11.3 Å². The second kappa shape index (κ2) is 6.01. The molecule has 3 N–H and O–H groups in total. The number of aromatic nitrogens is 1. The molecule has 108 valence electrons. The second-order valence-corrected chi connectivity index (χ2v) is 7.19. The summed E-state index contributed by atoms with van der Waals surface area (Å²) in [6, 6.07) is 5.22. The van der Waals surface area contributed by atoms with E-state index in [-0.39, 0.29) is 11.4 Å². The molecule has 1 heterocycles.